The fourth-order valence-corrected chi connectivity index (χ4v) is 3.62. The number of carbonyl (C=O) groups is 1. The van der Waals surface area contributed by atoms with E-state index in [1.807, 2.05) is 6.92 Å². The Morgan fingerprint density at radius 1 is 1.33 bits per heavy atom. The Morgan fingerprint density at radius 3 is 2.62 bits per heavy atom. The van der Waals surface area contributed by atoms with Gasteiger partial charge in [0.2, 0.25) is 5.91 Å². The molecule has 3 N–H and O–H groups in total. The largest absolute Gasteiger partial charge is 0.368 e. The van der Waals surface area contributed by atoms with Crippen LogP contribution < -0.4 is 11.1 Å². The Labute approximate surface area is 135 Å². The molecule has 1 amide bonds. The molecule has 2 rings (SSSR count). The van der Waals surface area contributed by atoms with Gasteiger partial charge < -0.3 is 5.73 Å². The fourth-order valence-electron chi connectivity index (χ4n) is 3.25. The van der Waals surface area contributed by atoms with Crippen LogP contribution in [0.4, 0.5) is 0 Å². The standard InChI is InChI=1S/C17H25BrN2O/c1-11-8-9-14(18)10-15(11)16(20-12(2)17(19)21)13-6-4-3-5-7-13/h8-10,12-13,16,20H,3-7H2,1-2H3,(H2,19,21)/t12-,16?/m1/s1. The van der Waals surface area contributed by atoms with Crippen LogP contribution in [0.25, 0.3) is 0 Å². The number of rotatable bonds is 5. The third kappa shape index (κ3) is 4.30. The van der Waals surface area contributed by atoms with Crippen LogP contribution in [0.1, 0.15) is 56.2 Å². The number of primary amides is 1. The molecule has 0 aliphatic heterocycles. The summed E-state index contributed by atoms with van der Waals surface area (Å²) in [6.45, 7) is 3.99. The lowest BCUT2D eigenvalue weighted by Gasteiger charge is -2.34. The molecule has 1 aliphatic carbocycles. The minimum atomic E-state index is -0.310. The number of halogens is 1. The van der Waals surface area contributed by atoms with Crippen molar-refractivity contribution < 1.29 is 4.79 Å². The SMILES string of the molecule is Cc1ccc(Br)cc1C(N[C@H](C)C(N)=O)C1CCCCC1. The lowest BCUT2D eigenvalue weighted by molar-refractivity contribution is -0.119. The number of carbonyl (C=O) groups excluding carboxylic acids is 1. The second kappa shape index (κ2) is 7.41. The smallest absolute Gasteiger partial charge is 0.234 e. The molecule has 116 valence electrons. The van der Waals surface area contributed by atoms with Gasteiger partial charge in [0, 0.05) is 10.5 Å². The highest BCUT2D eigenvalue weighted by atomic mass is 79.9. The quantitative estimate of drug-likeness (QED) is 0.845. The molecule has 4 heteroatoms. The molecular weight excluding hydrogens is 328 g/mol. The second-order valence-corrected chi connectivity index (χ2v) is 7.08. The number of benzene rings is 1. The molecule has 1 aromatic carbocycles. The van der Waals surface area contributed by atoms with E-state index in [0.29, 0.717) is 5.92 Å². The fraction of sp³-hybridized carbons (Fsp3) is 0.588. The number of hydrogen-bond donors (Lipinski definition) is 2. The number of amides is 1. The molecule has 0 aromatic heterocycles. The Bertz CT molecular complexity index is 498. The highest BCUT2D eigenvalue weighted by Gasteiger charge is 2.28. The van der Waals surface area contributed by atoms with Gasteiger partial charge in [-0.1, -0.05) is 41.3 Å². The van der Waals surface area contributed by atoms with Crippen molar-refractivity contribution >= 4 is 21.8 Å². The first-order valence-corrected chi connectivity index (χ1v) is 8.59. The topological polar surface area (TPSA) is 55.1 Å². The first kappa shape index (κ1) is 16.5. The van der Waals surface area contributed by atoms with Crippen LogP contribution in [0.2, 0.25) is 0 Å². The molecule has 0 heterocycles. The van der Waals surface area contributed by atoms with Gasteiger partial charge in [-0.2, -0.15) is 0 Å². The molecule has 21 heavy (non-hydrogen) atoms. The molecule has 1 fully saturated rings. The summed E-state index contributed by atoms with van der Waals surface area (Å²) < 4.78 is 1.08. The van der Waals surface area contributed by atoms with Crippen LogP contribution in [0, 0.1) is 12.8 Å². The van der Waals surface area contributed by atoms with Crippen molar-refractivity contribution in [2.24, 2.45) is 11.7 Å². The monoisotopic (exact) mass is 352 g/mol. The van der Waals surface area contributed by atoms with E-state index in [-0.39, 0.29) is 18.0 Å². The zero-order chi connectivity index (χ0) is 15.4. The minimum absolute atomic E-state index is 0.199. The molecule has 2 atom stereocenters. The second-order valence-electron chi connectivity index (χ2n) is 6.17. The average molecular weight is 353 g/mol. The summed E-state index contributed by atoms with van der Waals surface area (Å²) in [4.78, 5) is 11.5. The summed E-state index contributed by atoms with van der Waals surface area (Å²) in [5.41, 5.74) is 7.99. The summed E-state index contributed by atoms with van der Waals surface area (Å²) >= 11 is 3.56. The molecular formula is C17H25BrN2O. The summed E-state index contributed by atoms with van der Waals surface area (Å²) in [6.07, 6.45) is 6.32. The molecule has 3 nitrogen and oxygen atoms in total. The highest BCUT2D eigenvalue weighted by molar-refractivity contribution is 9.10. The summed E-state index contributed by atoms with van der Waals surface area (Å²) in [7, 11) is 0. The van der Waals surface area contributed by atoms with E-state index < -0.39 is 0 Å². The summed E-state index contributed by atoms with van der Waals surface area (Å²) in [5.74, 6) is 0.289. The number of aryl methyl sites for hydroxylation is 1. The van der Waals surface area contributed by atoms with Gasteiger partial charge in [-0.25, -0.2) is 0 Å². The first-order valence-electron chi connectivity index (χ1n) is 7.80. The molecule has 0 bridgehead atoms. The van der Waals surface area contributed by atoms with Gasteiger partial charge in [0.1, 0.15) is 0 Å². The van der Waals surface area contributed by atoms with Crippen molar-refractivity contribution in [1.29, 1.82) is 0 Å². The summed E-state index contributed by atoms with van der Waals surface area (Å²) in [6, 6.07) is 6.26. The number of nitrogens with two attached hydrogens (primary N) is 1. The van der Waals surface area contributed by atoms with Gasteiger partial charge in [-0.15, -0.1) is 0 Å². The highest BCUT2D eigenvalue weighted by Crippen LogP contribution is 2.36. The Morgan fingerprint density at radius 2 is 2.00 bits per heavy atom. The van der Waals surface area contributed by atoms with E-state index in [0.717, 1.165) is 4.47 Å². The molecule has 1 aromatic rings. The zero-order valence-corrected chi connectivity index (χ0v) is 14.4. The van der Waals surface area contributed by atoms with Crippen LogP contribution in [0.15, 0.2) is 22.7 Å². The maximum atomic E-state index is 11.5. The average Bonchev–Trinajstić information content (AvgIpc) is 2.48. The van der Waals surface area contributed by atoms with Gasteiger partial charge in [-0.05, 0) is 55.9 Å². The third-order valence-electron chi connectivity index (χ3n) is 4.55. The number of nitrogens with one attached hydrogen (secondary N) is 1. The Kier molecular flexibility index (Phi) is 5.82. The van der Waals surface area contributed by atoms with Crippen LogP contribution >= 0.6 is 15.9 Å². The Hall–Kier alpha value is -0.870. The molecule has 1 aliphatic rings. The first-order chi connectivity index (χ1) is 9.99. The van der Waals surface area contributed by atoms with Crippen molar-refractivity contribution in [1.82, 2.24) is 5.32 Å². The van der Waals surface area contributed by atoms with E-state index in [1.165, 1.54) is 43.2 Å². The predicted octanol–water partition coefficient (Wildman–Crippen LogP) is 3.84. The van der Waals surface area contributed by atoms with Crippen LogP contribution in [0.5, 0.6) is 0 Å². The van der Waals surface area contributed by atoms with Gasteiger partial charge in [-0.3, -0.25) is 10.1 Å². The van der Waals surface area contributed by atoms with Gasteiger partial charge in [0.05, 0.1) is 6.04 Å². The van der Waals surface area contributed by atoms with Gasteiger partial charge in [0.15, 0.2) is 0 Å². The van der Waals surface area contributed by atoms with Crippen molar-refractivity contribution in [2.75, 3.05) is 0 Å². The van der Waals surface area contributed by atoms with Gasteiger partial charge in [0.25, 0.3) is 0 Å². The van der Waals surface area contributed by atoms with Crippen molar-refractivity contribution in [3.63, 3.8) is 0 Å². The van der Waals surface area contributed by atoms with Crippen molar-refractivity contribution in [3.8, 4) is 0 Å². The van der Waals surface area contributed by atoms with Crippen LogP contribution in [-0.2, 0) is 4.79 Å². The van der Waals surface area contributed by atoms with E-state index in [9.17, 15) is 4.79 Å². The normalized spacial score (nSPS) is 19.2. The lowest BCUT2D eigenvalue weighted by atomic mass is 9.80. The predicted molar refractivity (Wildman–Crippen MR) is 90.0 cm³/mol. The van der Waals surface area contributed by atoms with Crippen molar-refractivity contribution in [2.45, 2.75) is 58.0 Å². The van der Waals surface area contributed by atoms with Gasteiger partial charge >= 0.3 is 0 Å². The maximum absolute atomic E-state index is 11.5. The van der Waals surface area contributed by atoms with Crippen LogP contribution in [0.3, 0.4) is 0 Å². The molecule has 0 spiro atoms. The van der Waals surface area contributed by atoms with E-state index in [2.05, 4.69) is 46.4 Å². The maximum Gasteiger partial charge on any atom is 0.234 e. The molecule has 0 saturated heterocycles. The van der Waals surface area contributed by atoms with Crippen LogP contribution in [-0.4, -0.2) is 11.9 Å². The molecule has 1 unspecified atom stereocenters. The molecule has 0 radical (unpaired) electrons. The minimum Gasteiger partial charge on any atom is -0.368 e. The lowest BCUT2D eigenvalue weighted by Crippen LogP contribution is -2.43. The van der Waals surface area contributed by atoms with Crippen molar-refractivity contribution in [3.05, 3.63) is 33.8 Å². The van der Waals surface area contributed by atoms with E-state index in [4.69, 9.17) is 5.73 Å². The Balaban J connectivity index is 2.29. The van der Waals surface area contributed by atoms with E-state index in [1.54, 1.807) is 0 Å². The third-order valence-corrected chi connectivity index (χ3v) is 5.05. The zero-order valence-electron chi connectivity index (χ0n) is 12.9. The number of hydrogen-bond acceptors (Lipinski definition) is 2. The summed E-state index contributed by atoms with van der Waals surface area (Å²) in [5, 5.41) is 3.48. The van der Waals surface area contributed by atoms with E-state index >= 15 is 0 Å². The molecule has 1 saturated carbocycles.